The molecule has 5 heteroatoms. The average molecular weight is 389 g/mol. The highest BCUT2D eigenvalue weighted by Crippen LogP contribution is 2.39. The largest absolute Gasteiger partial charge is 0.330 e. The smallest absolute Gasteiger partial charge is 0.315 e. The van der Waals surface area contributed by atoms with Gasteiger partial charge in [0.2, 0.25) is 0 Å². The molecule has 2 saturated carbocycles. The van der Waals surface area contributed by atoms with Crippen molar-refractivity contribution in [3.63, 3.8) is 0 Å². The maximum Gasteiger partial charge on any atom is 0.315 e. The summed E-state index contributed by atoms with van der Waals surface area (Å²) in [7, 11) is 0. The van der Waals surface area contributed by atoms with Crippen molar-refractivity contribution >= 4 is 28.7 Å². The van der Waals surface area contributed by atoms with Gasteiger partial charge in [-0.15, -0.1) is 22.7 Å². The molecule has 140 valence electrons. The molecule has 0 radical (unpaired) electrons. The van der Waals surface area contributed by atoms with E-state index in [2.05, 4.69) is 45.7 Å². The molecular weight excluding hydrogens is 360 g/mol. The predicted molar refractivity (Wildman–Crippen MR) is 110 cm³/mol. The monoisotopic (exact) mass is 388 g/mol. The maximum absolute atomic E-state index is 13.0. The van der Waals surface area contributed by atoms with Crippen LogP contribution in [0.15, 0.2) is 35.0 Å². The Labute approximate surface area is 164 Å². The van der Waals surface area contributed by atoms with E-state index in [1.165, 1.54) is 61.1 Å². The van der Waals surface area contributed by atoms with E-state index in [0.717, 1.165) is 0 Å². The summed E-state index contributed by atoms with van der Waals surface area (Å²) in [6.45, 7) is 0. The zero-order valence-electron chi connectivity index (χ0n) is 15.2. The van der Waals surface area contributed by atoms with E-state index in [0.29, 0.717) is 11.8 Å². The first-order valence-corrected chi connectivity index (χ1v) is 11.7. The number of rotatable bonds is 6. The Kier molecular flexibility index (Phi) is 5.95. The van der Waals surface area contributed by atoms with Gasteiger partial charge in [0.05, 0.1) is 12.1 Å². The SMILES string of the molecule is O=C(N[C@H](c1cccs1)C1CCCC1)N[C@H](c1cccs1)C1CCCC1. The van der Waals surface area contributed by atoms with E-state index in [1.807, 2.05) is 0 Å². The van der Waals surface area contributed by atoms with E-state index in [4.69, 9.17) is 0 Å². The van der Waals surface area contributed by atoms with Crippen LogP contribution >= 0.6 is 22.7 Å². The van der Waals surface area contributed by atoms with Gasteiger partial charge in [-0.2, -0.15) is 0 Å². The first-order chi connectivity index (χ1) is 12.8. The second-order valence-corrected chi connectivity index (χ2v) is 9.65. The molecule has 0 aromatic carbocycles. The highest BCUT2D eigenvalue weighted by Gasteiger charge is 2.31. The van der Waals surface area contributed by atoms with Gasteiger partial charge in [-0.1, -0.05) is 37.8 Å². The minimum Gasteiger partial charge on any atom is -0.330 e. The summed E-state index contributed by atoms with van der Waals surface area (Å²) >= 11 is 3.52. The molecule has 2 atom stereocenters. The Bertz CT molecular complexity index is 613. The van der Waals surface area contributed by atoms with E-state index in [1.54, 1.807) is 22.7 Å². The van der Waals surface area contributed by atoms with Crippen molar-refractivity contribution in [2.45, 2.75) is 63.5 Å². The summed E-state index contributed by atoms with van der Waals surface area (Å²) in [6, 6.07) is 8.84. The number of hydrogen-bond donors (Lipinski definition) is 2. The fourth-order valence-electron chi connectivity index (χ4n) is 4.68. The van der Waals surface area contributed by atoms with Gasteiger partial charge in [0, 0.05) is 9.75 Å². The molecule has 4 rings (SSSR count). The lowest BCUT2D eigenvalue weighted by Gasteiger charge is -2.28. The maximum atomic E-state index is 13.0. The Morgan fingerprint density at radius 2 is 1.23 bits per heavy atom. The van der Waals surface area contributed by atoms with Gasteiger partial charge in [0.15, 0.2) is 0 Å². The molecule has 3 nitrogen and oxygen atoms in total. The third-order valence-electron chi connectivity index (χ3n) is 6.02. The molecule has 2 aromatic heterocycles. The average Bonchev–Trinajstić information content (AvgIpc) is 3.44. The number of hydrogen-bond acceptors (Lipinski definition) is 3. The Hall–Kier alpha value is -1.33. The number of nitrogens with one attached hydrogen (secondary N) is 2. The Morgan fingerprint density at radius 3 is 1.58 bits per heavy atom. The molecule has 0 unspecified atom stereocenters. The summed E-state index contributed by atoms with van der Waals surface area (Å²) in [4.78, 5) is 15.5. The summed E-state index contributed by atoms with van der Waals surface area (Å²) in [5.74, 6) is 1.15. The lowest BCUT2D eigenvalue weighted by atomic mass is 9.96. The molecule has 2 aliphatic rings. The highest BCUT2D eigenvalue weighted by molar-refractivity contribution is 7.10. The van der Waals surface area contributed by atoms with Crippen LogP contribution in [0.25, 0.3) is 0 Å². The third kappa shape index (κ3) is 4.15. The first kappa shape index (κ1) is 18.1. The van der Waals surface area contributed by atoms with Crippen molar-refractivity contribution in [1.82, 2.24) is 10.6 Å². The molecule has 2 heterocycles. The van der Waals surface area contributed by atoms with Crippen molar-refractivity contribution in [3.05, 3.63) is 44.8 Å². The van der Waals surface area contributed by atoms with Crippen LogP contribution in [-0.4, -0.2) is 6.03 Å². The van der Waals surface area contributed by atoms with Gasteiger partial charge in [-0.3, -0.25) is 0 Å². The molecule has 26 heavy (non-hydrogen) atoms. The van der Waals surface area contributed by atoms with Crippen LogP contribution in [0.2, 0.25) is 0 Å². The fourth-order valence-corrected chi connectivity index (χ4v) is 6.42. The first-order valence-electron chi connectivity index (χ1n) is 9.95. The highest BCUT2D eigenvalue weighted by atomic mass is 32.1. The molecular formula is C21H28N2OS2. The molecule has 0 spiro atoms. The van der Waals surface area contributed by atoms with E-state index in [9.17, 15) is 4.79 Å². The second-order valence-electron chi connectivity index (χ2n) is 7.69. The van der Waals surface area contributed by atoms with Crippen molar-refractivity contribution in [1.29, 1.82) is 0 Å². The van der Waals surface area contributed by atoms with E-state index >= 15 is 0 Å². The van der Waals surface area contributed by atoms with Crippen LogP contribution in [0.4, 0.5) is 4.79 Å². The molecule has 2 N–H and O–H groups in total. The molecule has 2 aliphatic carbocycles. The number of carbonyl (C=O) groups excluding carboxylic acids is 1. The van der Waals surface area contributed by atoms with Crippen molar-refractivity contribution in [2.24, 2.45) is 11.8 Å². The Balaban J connectivity index is 1.46. The summed E-state index contributed by atoms with van der Waals surface area (Å²) in [5.41, 5.74) is 0. The third-order valence-corrected chi connectivity index (χ3v) is 7.93. The van der Waals surface area contributed by atoms with Crippen LogP contribution in [0.1, 0.15) is 73.2 Å². The lowest BCUT2D eigenvalue weighted by molar-refractivity contribution is 0.222. The molecule has 0 bridgehead atoms. The van der Waals surface area contributed by atoms with Crippen LogP contribution in [-0.2, 0) is 0 Å². The number of carbonyl (C=O) groups is 1. The fraction of sp³-hybridized carbons (Fsp3) is 0.571. The zero-order valence-corrected chi connectivity index (χ0v) is 16.8. The van der Waals surface area contributed by atoms with E-state index in [-0.39, 0.29) is 18.1 Å². The predicted octanol–water partition coefficient (Wildman–Crippen LogP) is 6.27. The molecule has 0 saturated heterocycles. The van der Waals surface area contributed by atoms with Crippen LogP contribution in [0.5, 0.6) is 0 Å². The number of urea groups is 1. The molecule has 0 aliphatic heterocycles. The quantitative estimate of drug-likeness (QED) is 0.601. The summed E-state index contributed by atoms with van der Waals surface area (Å²) in [5, 5.41) is 10.9. The van der Waals surface area contributed by atoms with Gasteiger partial charge < -0.3 is 10.6 Å². The van der Waals surface area contributed by atoms with Gasteiger partial charge in [-0.25, -0.2) is 4.79 Å². The van der Waals surface area contributed by atoms with Crippen LogP contribution < -0.4 is 10.6 Å². The molecule has 2 amide bonds. The molecule has 2 fully saturated rings. The minimum absolute atomic E-state index is 0.000556. The summed E-state index contributed by atoms with van der Waals surface area (Å²) < 4.78 is 0. The summed E-state index contributed by atoms with van der Waals surface area (Å²) in [6.07, 6.45) is 10.0. The minimum atomic E-state index is 0.000556. The van der Waals surface area contributed by atoms with Crippen molar-refractivity contribution in [3.8, 4) is 0 Å². The van der Waals surface area contributed by atoms with Crippen molar-refractivity contribution in [2.75, 3.05) is 0 Å². The molecule has 2 aromatic rings. The lowest BCUT2D eigenvalue weighted by Crippen LogP contribution is -2.43. The van der Waals surface area contributed by atoms with Crippen LogP contribution in [0, 0.1) is 11.8 Å². The second kappa shape index (κ2) is 8.57. The van der Waals surface area contributed by atoms with Gasteiger partial charge in [-0.05, 0) is 60.4 Å². The van der Waals surface area contributed by atoms with Gasteiger partial charge in [0.25, 0.3) is 0 Å². The Morgan fingerprint density at radius 1 is 0.808 bits per heavy atom. The zero-order chi connectivity index (χ0) is 17.8. The van der Waals surface area contributed by atoms with Crippen LogP contribution in [0.3, 0.4) is 0 Å². The number of amides is 2. The van der Waals surface area contributed by atoms with E-state index < -0.39 is 0 Å². The van der Waals surface area contributed by atoms with Gasteiger partial charge >= 0.3 is 6.03 Å². The standard InChI is InChI=1S/C21H28N2OS2/c24-21(22-19(15-7-1-2-8-15)17-11-5-13-25-17)23-20(16-9-3-4-10-16)18-12-6-14-26-18/h5-6,11-16,19-20H,1-4,7-10H2,(H2,22,23,24)/t19-,20-/m0/s1. The van der Waals surface area contributed by atoms with Crippen molar-refractivity contribution < 1.29 is 4.79 Å². The normalized spacial score (nSPS) is 20.9. The topological polar surface area (TPSA) is 41.1 Å². The number of thiophene rings is 2. The van der Waals surface area contributed by atoms with Gasteiger partial charge in [0.1, 0.15) is 0 Å².